The lowest BCUT2D eigenvalue weighted by molar-refractivity contribution is 0.101. The van der Waals surface area contributed by atoms with Crippen molar-refractivity contribution in [1.82, 2.24) is 0 Å². The van der Waals surface area contributed by atoms with Crippen LogP contribution in [0.2, 0.25) is 0 Å². The Morgan fingerprint density at radius 2 is 1.47 bits per heavy atom. The highest BCUT2D eigenvalue weighted by Crippen LogP contribution is 2.36. The molecule has 0 spiro atoms. The molecule has 1 aromatic rings. The summed E-state index contributed by atoms with van der Waals surface area (Å²) in [4.78, 5) is 12.2. The van der Waals surface area contributed by atoms with Crippen LogP contribution in [0.3, 0.4) is 0 Å². The summed E-state index contributed by atoms with van der Waals surface area (Å²) in [5.41, 5.74) is 6.82. The van der Waals surface area contributed by atoms with Crippen molar-refractivity contribution in [2.24, 2.45) is 11.8 Å². The molecule has 1 nitrogen and oxygen atoms in total. The molecule has 0 aliphatic heterocycles. The largest absolute Gasteiger partial charge is 0.294 e. The number of carbonyl (C=O) groups excluding carboxylic acids is 1. The first kappa shape index (κ1) is 12.9. The van der Waals surface area contributed by atoms with Gasteiger partial charge in [0.25, 0.3) is 0 Å². The van der Waals surface area contributed by atoms with E-state index in [1.54, 1.807) is 6.92 Å². The lowest BCUT2D eigenvalue weighted by Gasteiger charge is -2.30. The van der Waals surface area contributed by atoms with Gasteiger partial charge in [-0.05, 0) is 79.5 Å². The molecule has 19 heavy (non-hydrogen) atoms. The minimum absolute atomic E-state index is 0.288. The second-order valence-electron chi connectivity index (χ2n) is 6.78. The molecule has 0 saturated carbocycles. The average molecular weight is 256 g/mol. The fourth-order valence-corrected chi connectivity index (χ4v) is 3.93. The van der Waals surface area contributed by atoms with Gasteiger partial charge >= 0.3 is 0 Å². The van der Waals surface area contributed by atoms with E-state index in [1.165, 1.54) is 47.9 Å². The van der Waals surface area contributed by atoms with Gasteiger partial charge in [0.1, 0.15) is 0 Å². The molecule has 102 valence electrons. The summed E-state index contributed by atoms with van der Waals surface area (Å²) < 4.78 is 0. The maximum Gasteiger partial charge on any atom is 0.160 e. The molecule has 0 bridgehead atoms. The number of fused-ring (bicyclic) bond motifs is 2. The second-order valence-corrected chi connectivity index (χ2v) is 6.78. The van der Waals surface area contributed by atoms with Gasteiger partial charge in [0.2, 0.25) is 0 Å². The molecular formula is C18H24O. The normalized spacial score (nSPS) is 25.6. The molecule has 0 fully saturated rings. The van der Waals surface area contributed by atoms with Gasteiger partial charge in [-0.15, -0.1) is 0 Å². The molecule has 0 amide bonds. The Balaban J connectivity index is 2.19. The second kappa shape index (κ2) is 4.77. The third kappa shape index (κ3) is 2.24. The van der Waals surface area contributed by atoms with Crippen molar-refractivity contribution in [1.29, 1.82) is 0 Å². The number of rotatable bonds is 1. The first-order valence-corrected chi connectivity index (χ1v) is 7.73. The van der Waals surface area contributed by atoms with E-state index < -0.39 is 0 Å². The molecule has 3 rings (SSSR count). The van der Waals surface area contributed by atoms with E-state index in [0.717, 1.165) is 30.2 Å². The third-order valence-corrected chi connectivity index (χ3v) is 5.00. The number of hydrogen-bond donors (Lipinski definition) is 0. The Bertz CT molecular complexity index is 489. The summed E-state index contributed by atoms with van der Waals surface area (Å²) in [5, 5.41) is 0. The van der Waals surface area contributed by atoms with E-state index in [0.29, 0.717) is 0 Å². The Morgan fingerprint density at radius 3 is 1.89 bits per heavy atom. The summed E-state index contributed by atoms with van der Waals surface area (Å²) in [6.45, 7) is 6.39. The average Bonchev–Trinajstić information content (AvgIpc) is 2.35. The van der Waals surface area contributed by atoms with Crippen LogP contribution in [0, 0.1) is 11.8 Å². The quantitative estimate of drug-likeness (QED) is 0.690. The topological polar surface area (TPSA) is 17.1 Å². The smallest absolute Gasteiger partial charge is 0.160 e. The Hall–Kier alpha value is -1.11. The number of aryl methyl sites for hydroxylation is 2. The molecule has 2 unspecified atom stereocenters. The predicted octanol–water partition coefficient (Wildman–Crippen LogP) is 4.14. The van der Waals surface area contributed by atoms with Crippen LogP contribution in [-0.4, -0.2) is 5.78 Å². The molecule has 1 aromatic carbocycles. The summed E-state index contributed by atoms with van der Waals surface area (Å²) in [6.07, 6.45) is 7.09. The number of Topliss-reactive ketones (excluding diaryl/α,β-unsaturated/α-hetero) is 1. The first-order valence-electron chi connectivity index (χ1n) is 7.73. The van der Waals surface area contributed by atoms with Crippen LogP contribution < -0.4 is 0 Å². The number of ketones is 1. The van der Waals surface area contributed by atoms with Gasteiger partial charge in [-0.25, -0.2) is 0 Å². The summed E-state index contributed by atoms with van der Waals surface area (Å²) in [5.74, 6) is 1.74. The maximum absolute atomic E-state index is 12.2. The Kier molecular flexibility index (Phi) is 3.24. The highest BCUT2D eigenvalue weighted by Gasteiger charge is 2.27. The van der Waals surface area contributed by atoms with Crippen LogP contribution in [0.25, 0.3) is 0 Å². The highest BCUT2D eigenvalue weighted by molar-refractivity contribution is 5.98. The minimum Gasteiger partial charge on any atom is -0.294 e. The van der Waals surface area contributed by atoms with Gasteiger partial charge in [0, 0.05) is 5.56 Å². The fourth-order valence-electron chi connectivity index (χ4n) is 3.93. The van der Waals surface area contributed by atoms with E-state index in [2.05, 4.69) is 19.9 Å². The third-order valence-electron chi connectivity index (χ3n) is 5.00. The predicted molar refractivity (Wildman–Crippen MR) is 78.8 cm³/mol. The number of hydrogen-bond acceptors (Lipinski definition) is 1. The molecular weight excluding hydrogens is 232 g/mol. The minimum atomic E-state index is 0.288. The SMILES string of the molecule is CC(=O)c1c2c(cc3c1CC(C)CC3)CCC(C)C2. The van der Waals surface area contributed by atoms with Crippen LogP contribution in [0.4, 0.5) is 0 Å². The van der Waals surface area contributed by atoms with Gasteiger partial charge in [0.15, 0.2) is 5.78 Å². The van der Waals surface area contributed by atoms with E-state index in [9.17, 15) is 4.79 Å². The van der Waals surface area contributed by atoms with Crippen LogP contribution in [-0.2, 0) is 25.7 Å². The molecule has 0 saturated heterocycles. The van der Waals surface area contributed by atoms with Gasteiger partial charge < -0.3 is 0 Å². The zero-order valence-corrected chi connectivity index (χ0v) is 12.4. The lowest BCUT2D eigenvalue weighted by atomic mass is 9.74. The van der Waals surface area contributed by atoms with Gasteiger partial charge in [-0.2, -0.15) is 0 Å². The van der Waals surface area contributed by atoms with E-state index in [4.69, 9.17) is 0 Å². The van der Waals surface area contributed by atoms with Crippen molar-refractivity contribution in [3.05, 3.63) is 33.9 Å². The van der Waals surface area contributed by atoms with Crippen LogP contribution >= 0.6 is 0 Å². The van der Waals surface area contributed by atoms with Crippen molar-refractivity contribution >= 4 is 5.78 Å². The van der Waals surface area contributed by atoms with E-state index >= 15 is 0 Å². The molecule has 2 aliphatic rings. The summed E-state index contributed by atoms with van der Waals surface area (Å²) in [6, 6.07) is 2.43. The first-order chi connectivity index (χ1) is 9.06. The zero-order valence-electron chi connectivity index (χ0n) is 12.4. The molecule has 1 heteroatoms. The monoisotopic (exact) mass is 256 g/mol. The van der Waals surface area contributed by atoms with Crippen LogP contribution in [0.5, 0.6) is 0 Å². The molecule has 0 radical (unpaired) electrons. The molecule has 2 atom stereocenters. The summed E-state index contributed by atoms with van der Waals surface area (Å²) >= 11 is 0. The molecule has 2 aliphatic carbocycles. The van der Waals surface area contributed by atoms with E-state index in [1.807, 2.05) is 0 Å². The van der Waals surface area contributed by atoms with Gasteiger partial charge in [-0.3, -0.25) is 4.79 Å². The highest BCUT2D eigenvalue weighted by atomic mass is 16.1. The van der Waals surface area contributed by atoms with E-state index in [-0.39, 0.29) is 5.78 Å². The van der Waals surface area contributed by atoms with Crippen molar-refractivity contribution < 1.29 is 4.79 Å². The van der Waals surface area contributed by atoms with Crippen molar-refractivity contribution in [3.63, 3.8) is 0 Å². The lowest BCUT2D eigenvalue weighted by Crippen LogP contribution is -2.22. The number of carbonyl (C=O) groups is 1. The zero-order chi connectivity index (χ0) is 13.6. The Labute approximate surface area is 116 Å². The maximum atomic E-state index is 12.2. The molecule has 0 aromatic heterocycles. The molecule has 0 heterocycles. The van der Waals surface area contributed by atoms with Gasteiger partial charge in [-0.1, -0.05) is 19.9 Å². The van der Waals surface area contributed by atoms with Crippen LogP contribution in [0.15, 0.2) is 6.07 Å². The number of benzene rings is 1. The molecule has 0 N–H and O–H groups in total. The van der Waals surface area contributed by atoms with Crippen molar-refractivity contribution in [2.45, 2.75) is 59.3 Å². The summed E-state index contributed by atoms with van der Waals surface area (Å²) in [7, 11) is 0. The Morgan fingerprint density at radius 1 is 1.00 bits per heavy atom. The van der Waals surface area contributed by atoms with Crippen molar-refractivity contribution in [2.75, 3.05) is 0 Å². The standard InChI is InChI=1S/C18H24O/c1-11-4-6-14-10-15-7-5-12(2)9-17(15)18(13(3)19)16(14)8-11/h10-12H,4-9H2,1-3H3. The van der Waals surface area contributed by atoms with Gasteiger partial charge in [0.05, 0.1) is 0 Å². The fraction of sp³-hybridized carbons (Fsp3) is 0.611. The van der Waals surface area contributed by atoms with Crippen molar-refractivity contribution in [3.8, 4) is 0 Å². The van der Waals surface area contributed by atoms with Crippen LogP contribution in [0.1, 0.15) is 66.2 Å².